The van der Waals surface area contributed by atoms with E-state index in [1.807, 2.05) is 18.2 Å². The summed E-state index contributed by atoms with van der Waals surface area (Å²) < 4.78 is 17.0. The van der Waals surface area contributed by atoms with Gasteiger partial charge in [-0.1, -0.05) is 12.1 Å². The summed E-state index contributed by atoms with van der Waals surface area (Å²) in [5, 5.41) is 8.62. The molecule has 0 radical (unpaired) electrons. The third-order valence-electron chi connectivity index (χ3n) is 5.12. The number of likely N-dealkylation sites (tertiary alicyclic amines) is 1. The molecule has 1 aliphatic rings. The molecule has 0 unspecified atom stereocenters. The second-order valence-electron chi connectivity index (χ2n) is 7.08. The van der Waals surface area contributed by atoms with Gasteiger partial charge < -0.3 is 13.9 Å². The standard InChI is InChI=1S/C21H25N3O3S/c1-14-9-10-18(28-14)21-23-22-20(27-21)16-7-5-11-24(13-16)12-15-6-4-8-17(25-2)19(15)26-3/h4,6,8-10,16H,5,7,11-13H2,1-3H3/t16-/m0/s1. The van der Waals surface area contributed by atoms with Crippen molar-refractivity contribution in [3.05, 3.63) is 46.7 Å². The highest BCUT2D eigenvalue weighted by Crippen LogP contribution is 2.34. The monoisotopic (exact) mass is 399 g/mol. The number of aryl methyl sites for hydroxylation is 1. The Balaban J connectivity index is 1.47. The van der Waals surface area contributed by atoms with Crippen LogP contribution in [-0.4, -0.2) is 42.4 Å². The Morgan fingerprint density at radius 1 is 1.18 bits per heavy atom. The predicted molar refractivity (Wildman–Crippen MR) is 109 cm³/mol. The fourth-order valence-corrected chi connectivity index (χ4v) is 4.56. The van der Waals surface area contributed by atoms with Gasteiger partial charge in [-0.25, -0.2) is 0 Å². The Kier molecular flexibility index (Phi) is 5.64. The first-order valence-electron chi connectivity index (χ1n) is 9.50. The first-order valence-corrected chi connectivity index (χ1v) is 10.3. The Bertz CT molecular complexity index is 937. The zero-order chi connectivity index (χ0) is 19.5. The largest absolute Gasteiger partial charge is 0.493 e. The van der Waals surface area contributed by atoms with Crippen molar-refractivity contribution in [3.8, 4) is 22.3 Å². The molecule has 0 spiro atoms. The van der Waals surface area contributed by atoms with E-state index in [-0.39, 0.29) is 5.92 Å². The molecule has 0 N–H and O–H groups in total. The van der Waals surface area contributed by atoms with Crippen LogP contribution in [0.15, 0.2) is 34.7 Å². The van der Waals surface area contributed by atoms with Gasteiger partial charge in [0.25, 0.3) is 5.89 Å². The van der Waals surface area contributed by atoms with Crippen LogP contribution >= 0.6 is 11.3 Å². The van der Waals surface area contributed by atoms with E-state index in [1.54, 1.807) is 25.6 Å². The summed E-state index contributed by atoms with van der Waals surface area (Å²) in [7, 11) is 3.35. The first kappa shape index (κ1) is 19.0. The minimum absolute atomic E-state index is 0.257. The van der Waals surface area contributed by atoms with Crippen molar-refractivity contribution >= 4 is 11.3 Å². The van der Waals surface area contributed by atoms with Gasteiger partial charge in [0.1, 0.15) is 0 Å². The van der Waals surface area contributed by atoms with Crippen molar-refractivity contribution in [2.75, 3.05) is 27.3 Å². The van der Waals surface area contributed by atoms with Crippen LogP contribution in [0.25, 0.3) is 10.8 Å². The SMILES string of the molecule is COc1cccc(CN2CCC[C@H](c3nnc(-c4ccc(C)s4)o3)C2)c1OC. The summed E-state index contributed by atoms with van der Waals surface area (Å²) >= 11 is 1.68. The fraction of sp³-hybridized carbons (Fsp3) is 0.429. The summed E-state index contributed by atoms with van der Waals surface area (Å²) in [6.07, 6.45) is 2.17. The maximum atomic E-state index is 6.02. The molecule has 148 valence electrons. The van der Waals surface area contributed by atoms with Gasteiger partial charge in [0, 0.05) is 23.5 Å². The van der Waals surface area contributed by atoms with Crippen molar-refractivity contribution in [2.24, 2.45) is 0 Å². The minimum atomic E-state index is 0.257. The van der Waals surface area contributed by atoms with Gasteiger partial charge in [-0.2, -0.15) is 0 Å². The van der Waals surface area contributed by atoms with Gasteiger partial charge in [-0.05, 0) is 44.5 Å². The lowest BCUT2D eigenvalue weighted by molar-refractivity contribution is 0.184. The van der Waals surface area contributed by atoms with Crippen molar-refractivity contribution < 1.29 is 13.9 Å². The lowest BCUT2D eigenvalue weighted by Crippen LogP contribution is -2.34. The predicted octanol–water partition coefficient (Wildman–Crippen LogP) is 4.50. The molecule has 1 fully saturated rings. The molecule has 0 aliphatic carbocycles. The molecule has 1 atom stereocenters. The van der Waals surface area contributed by atoms with E-state index >= 15 is 0 Å². The average Bonchev–Trinajstić information content (AvgIpc) is 3.37. The highest BCUT2D eigenvalue weighted by Gasteiger charge is 2.27. The topological polar surface area (TPSA) is 60.6 Å². The van der Waals surface area contributed by atoms with Crippen LogP contribution in [0.5, 0.6) is 11.5 Å². The number of methoxy groups -OCH3 is 2. The Hall–Kier alpha value is -2.38. The van der Waals surface area contributed by atoms with Crippen LogP contribution in [0.3, 0.4) is 0 Å². The van der Waals surface area contributed by atoms with E-state index in [9.17, 15) is 0 Å². The van der Waals surface area contributed by atoms with E-state index in [1.165, 1.54) is 4.88 Å². The van der Waals surface area contributed by atoms with Crippen LogP contribution in [0.4, 0.5) is 0 Å². The third-order valence-corrected chi connectivity index (χ3v) is 6.11. The molecule has 6 nitrogen and oxygen atoms in total. The van der Waals surface area contributed by atoms with Crippen LogP contribution in [0.2, 0.25) is 0 Å². The molecule has 0 amide bonds. The zero-order valence-corrected chi connectivity index (χ0v) is 17.3. The number of hydrogen-bond donors (Lipinski definition) is 0. The molecule has 3 aromatic rings. The molecule has 1 aromatic carbocycles. The number of rotatable bonds is 6. The molecular weight excluding hydrogens is 374 g/mol. The highest BCUT2D eigenvalue weighted by molar-refractivity contribution is 7.15. The van der Waals surface area contributed by atoms with Gasteiger partial charge in [0.15, 0.2) is 11.5 Å². The van der Waals surface area contributed by atoms with Crippen molar-refractivity contribution in [1.29, 1.82) is 0 Å². The minimum Gasteiger partial charge on any atom is -0.493 e. The van der Waals surface area contributed by atoms with Crippen LogP contribution in [-0.2, 0) is 6.54 Å². The van der Waals surface area contributed by atoms with Gasteiger partial charge in [0.2, 0.25) is 5.89 Å². The fourth-order valence-electron chi connectivity index (χ4n) is 3.77. The van der Waals surface area contributed by atoms with Gasteiger partial charge in [-0.3, -0.25) is 4.90 Å². The number of ether oxygens (including phenoxy) is 2. The highest BCUT2D eigenvalue weighted by atomic mass is 32.1. The summed E-state index contributed by atoms with van der Waals surface area (Å²) in [5.74, 6) is 3.19. The normalized spacial score (nSPS) is 17.6. The molecule has 1 saturated heterocycles. The number of thiophene rings is 1. The number of hydrogen-bond acceptors (Lipinski definition) is 7. The smallest absolute Gasteiger partial charge is 0.257 e. The lowest BCUT2D eigenvalue weighted by Gasteiger charge is -2.31. The second kappa shape index (κ2) is 8.32. The molecule has 0 bridgehead atoms. The van der Waals surface area contributed by atoms with Crippen molar-refractivity contribution in [2.45, 2.75) is 32.2 Å². The number of piperidine rings is 1. The van der Waals surface area contributed by atoms with Crippen molar-refractivity contribution in [1.82, 2.24) is 15.1 Å². The second-order valence-corrected chi connectivity index (χ2v) is 8.37. The third kappa shape index (κ3) is 3.91. The van der Waals surface area contributed by atoms with Crippen molar-refractivity contribution in [3.63, 3.8) is 0 Å². The van der Waals surface area contributed by atoms with Gasteiger partial charge >= 0.3 is 0 Å². The summed E-state index contributed by atoms with van der Waals surface area (Å²) in [6.45, 7) is 4.83. The molecule has 0 saturated carbocycles. The lowest BCUT2D eigenvalue weighted by atomic mass is 9.97. The molecule has 3 heterocycles. The maximum Gasteiger partial charge on any atom is 0.257 e. The summed E-state index contributed by atoms with van der Waals surface area (Å²) in [6, 6.07) is 10.1. The Morgan fingerprint density at radius 3 is 2.82 bits per heavy atom. The summed E-state index contributed by atoms with van der Waals surface area (Å²) in [4.78, 5) is 4.70. The zero-order valence-electron chi connectivity index (χ0n) is 16.5. The molecule has 1 aliphatic heterocycles. The molecule has 2 aromatic heterocycles. The molecular formula is C21H25N3O3S. The number of para-hydroxylation sites is 1. The van der Waals surface area contributed by atoms with Gasteiger partial charge in [-0.15, -0.1) is 21.5 Å². The van der Waals surface area contributed by atoms with E-state index in [0.717, 1.165) is 60.3 Å². The summed E-state index contributed by atoms with van der Waals surface area (Å²) in [5.41, 5.74) is 1.13. The van der Waals surface area contributed by atoms with E-state index in [4.69, 9.17) is 13.9 Å². The van der Waals surface area contributed by atoms with E-state index < -0.39 is 0 Å². The quantitative estimate of drug-likeness (QED) is 0.608. The van der Waals surface area contributed by atoms with Gasteiger partial charge in [0.05, 0.1) is 25.0 Å². The Morgan fingerprint density at radius 2 is 2.07 bits per heavy atom. The number of aromatic nitrogens is 2. The number of benzene rings is 1. The molecule has 4 rings (SSSR count). The van der Waals surface area contributed by atoms with E-state index in [2.05, 4.69) is 34.2 Å². The Labute approximate surface area is 169 Å². The van der Waals surface area contributed by atoms with Crippen LogP contribution in [0.1, 0.15) is 35.1 Å². The molecule has 28 heavy (non-hydrogen) atoms. The average molecular weight is 400 g/mol. The number of nitrogens with zero attached hydrogens (tertiary/aromatic N) is 3. The maximum absolute atomic E-state index is 6.02. The first-order chi connectivity index (χ1) is 13.7. The van der Waals surface area contributed by atoms with Crippen LogP contribution < -0.4 is 9.47 Å². The van der Waals surface area contributed by atoms with E-state index in [0.29, 0.717) is 5.89 Å². The van der Waals surface area contributed by atoms with Crippen LogP contribution in [0, 0.1) is 6.92 Å². The molecule has 7 heteroatoms.